The number of hydrogen-bond donors (Lipinski definition) is 3. The van der Waals surface area contributed by atoms with E-state index in [1.54, 1.807) is 0 Å². The first kappa shape index (κ1) is 8.46. The molecule has 0 aliphatic rings. The highest BCUT2D eigenvalue weighted by molar-refractivity contribution is 5.00. The second-order valence-electron chi connectivity index (χ2n) is 2.00. The van der Waals surface area contributed by atoms with Crippen molar-refractivity contribution < 1.29 is 0 Å². The molecule has 0 heterocycles. The highest BCUT2D eigenvalue weighted by Gasteiger charge is 1.92. The first-order chi connectivity index (χ1) is 4.20. The Morgan fingerprint density at radius 1 is 1.78 bits per heavy atom. The molecule has 1 unspecified atom stereocenters. The van der Waals surface area contributed by atoms with Crippen LogP contribution >= 0.6 is 0 Å². The summed E-state index contributed by atoms with van der Waals surface area (Å²) in [4.78, 5) is 0. The summed E-state index contributed by atoms with van der Waals surface area (Å²) in [5.74, 6) is 0. The maximum Gasteiger partial charge on any atom is 0.0368 e. The summed E-state index contributed by atoms with van der Waals surface area (Å²) in [5.41, 5.74) is 11.8. The molecule has 0 rings (SSSR count). The first-order valence-corrected chi connectivity index (χ1v) is 3.02. The van der Waals surface area contributed by atoms with Gasteiger partial charge in [-0.15, -0.1) is 0 Å². The predicted octanol–water partition coefficient (Wildman–Crippen LogP) is -0.604. The maximum absolute atomic E-state index is 5.51. The Morgan fingerprint density at radius 2 is 2.33 bits per heavy atom. The fraction of sp³-hybridized carbons (Fsp3) is 0.667. The Bertz CT molecular complexity index is 98.5. The van der Waals surface area contributed by atoms with Crippen LogP contribution < -0.4 is 16.8 Å². The van der Waals surface area contributed by atoms with Gasteiger partial charge in [0.15, 0.2) is 0 Å². The first-order valence-electron chi connectivity index (χ1n) is 3.02. The van der Waals surface area contributed by atoms with Crippen LogP contribution in [0.2, 0.25) is 0 Å². The molecular formula is C6H15N3. The van der Waals surface area contributed by atoms with Crippen molar-refractivity contribution in [2.24, 2.45) is 11.5 Å². The van der Waals surface area contributed by atoms with Gasteiger partial charge < -0.3 is 16.8 Å². The Labute approximate surface area is 56.1 Å². The topological polar surface area (TPSA) is 64.1 Å². The van der Waals surface area contributed by atoms with Gasteiger partial charge in [-0.25, -0.2) is 0 Å². The second kappa shape index (κ2) is 4.35. The quantitative estimate of drug-likeness (QED) is 0.476. The van der Waals surface area contributed by atoms with E-state index in [1.165, 1.54) is 0 Å². The van der Waals surface area contributed by atoms with Crippen molar-refractivity contribution in [1.29, 1.82) is 0 Å². The van der Waals surface area contributed by atoms with Crippen LogP contribution in [0.25, 0.3) is 0 Å². The van der Waals surface area contributed by atoms with Gasteiger partial charge in [-0.05, 0) is 13.0 Å². The van der Waals surface area contributed by atoms with Crippen LogP contribution in [-0.2, 0) is 0 Å². The molecule has 9 heavy (non-hydrogen) atoms. The van der Waals surface area contributed by atoms with E-state index >= 15 is 0 Å². The molecule has 0 fully saturated rings. The zero-order valence-electron chi connectivity index (χ0n) is 6.02. The highest BCUT2D eigenvalue weighted by Crippen LogP contribution is 1.85. The lowest BCUT2D eigenvalue weighted by Gasteiger charge is -2.03. The average Bonchev–Trinajstić information content (AvgIpc) is 1.87. The Kier molecular flexibility index (Phi) is 4.09. The van der Waals surface area contributed by atoms with Gasteiger partial charge in [-0.3, -0.25) is 0 Å². The van der Waals surface area contributed by atoms with Crippen LogP contribution in [0.5, 0.6) is 0 Å². The summed E-state index contributed by atoms with van der Waals surface area (Å²) in [6.45, 7) is 2.45. The summed E-state index contributed by atoms with van der Waals surface area (Å²) < 4.78 is 0. The molecule has 0 aliphatic carbocycles. The fourth-order valence-corrected chi connectivity index (χ4v) is 0.472. The van der Waals surface area contributed by atoms with E-state index in [9.17, 15) is 0 Å². The van der Waals surface area contributed by atoms with E-state index in [2.05, 4.69) is 5.32 Å². The standard InChI is InChI=1S/C6H15N3/c1-5(9-2)3-6(8)4-7/h3,6,9H,4,7-8H2,1-2H3/b5-3-. The number of nitrogens with one attached hydrogen (secondary N) is 1. The van der Waals surface area contributed by atoms with Crippen molar-refractivity contribution in [3.8, 4) is 0 Å². The third-order valence-corrected chi connectivity index (χ3v) is 1.13. The zero-order valence-corrected chi connectivity index (χ0v) is 6.02. The zero-order chi connectivity index (χ0) is 7.28. The van der Waals surface area contributed by atoms with Gasteiger partial charge in [0, 0.05) is 25.3 Å². The lowest BCUT2D eigenvalue weighted by Crippen LogP contribution is -2.28. The molecule has 0 aromatic heterocycles. The molecule has 0 amide bonds. The molecule has 0 aromatic rings. The molecule has 1 atom stereocenters. The minimum absolute atomic E-state index is 0.0163. The van der Waals surface area contributed by atoms with Crippen LogP contribution in [0.4, 0.5) is 0 Å². The molecule has 3 nitrogen and oxygen atoms in total. The van der Waals surface area contributed by atoms with Crippen molar-refractivity contribution in [1.82, 2.24) is 5.32 Å². The summed E-state index contributed by atoms with van der Waals surface area (Å²) >= 11 is 0. The molecule has 0 saturated heterocycles. The van der Waals surface area contributed by atoms with E-state index in [-0.39, 0.29) is 6.04 Å². The van der Waals surface area contributed by atoms with Gasteiger partial charge in [0.2, 0.25) is 0 Å². The van der Waals surface area contributed by atoms with Crippen molar-refractivity contribution in [3.63, 3.8) is 0 Å². The Hall–Kier alpha value is -0.540. The van der Waals surface area contributed by atoms with Crippen LogP contribution in [0.15, 0.2) is 11.8 Å². The maximum atomic E-state index is 5.51. The molecular weight excluding hydrogens is 114 g/mol. The van der Waals surface area contributed by atoms with Gasteiger partial charge in [-0.2, -0.15) is 0 Å². The molecule has 3 heteroatoms. The van der Waals surface area contributed by atoms with Crippen LogP contribution in [0.1, 0.15) is 6.92 Å². The minimum atomic E-state index is -0.0163. The molecule has 0 spiro atoms. The van der Waals surface area contributed by atoms with Crippen molar-refractivity contribution in [2.45, 2.75) is 13.0 Å². The molecule has 0 aromatic carbocycles. The van der Waals surface area contributed by atoms with Gasteiger partial charge in [-0.1, -0.05) is 0 Å². The second-order valence-corrected chi connectivity index (χ2v) is 2.00. The van der Waals surface area contributed by atoms with Gasteiger partial charge in [0.1, 0.15) is 0 Å². The molecule has 0 aliphatic heterocycles. The number of allylic oxidation sites excluding steroid dienone is 1. The molecule has 0 saturated carbocycles. The number of rotatable bonds is 3. The number of hydrogen-bond acceptors (Lipinski definition) is 3. The average molecular weight is 129 g/mol. The molecule has 0 radical (unpaired) electrons. The monoisotopic (exact) mass is 129 g/mol. The van der Waals surface area contributed by atoms with Gasteiger partial charge in [0.25, 0.3) is 0 Å². The third kappa shape index (κ3) is 4.00. The summed E-state index contributed by atoms with van der Waals surface area (Å²) in [7, 11) is 1.86. The summed E-state index contributed by atoms with van der Waals surface area (Å²) in [6, 6.07) is -0.0163. The van der Waals surface area contributed by atoms with Crippen LogP contribution in [0.3, 0.4) is 0 Å². The summed E-state index contributed by atoms with van der Waals surface area (Å²) in [6.07, 6.45) is 1.90. The van der Waals surface area contributed by atoms with E-state index in [4.69, 9.17) is 11.5 Å². The van der Waals surface area contributed by atoms with E-state index in [0.717, 1.165) is 5.70 Å². The van der Waals surface area contributed by atoms with Crippen molar-refractivity contribution >= 4 is 0 Å². The third-order valence-electron chi connectivity index (χ3n) is 1.13. The fourth-order valence-electron chi connectivity index (χ4n) is 0.472. The molecule has 54 valence electrons. The van der Waals surface area contributed by atoms with Crippen LogP contribution in [-0.4, -0.2) is 19.6 Å². The lowest BCUT2D eigenvalue weighted by molar-refractivity contribution is 0.802. The van der Waals surface area contributed by atoms with Gasteiger partial charge >= 0.3 is 0 Å². The SMILES string of the molecule is CN/C(C)=C\C(N)CN. The normalized spacial score (nSPS) is 15.3. The molecule has 0 bridgehead atoms. The smallest absolute Gasteiger partial charge is 0.0368 e. The largest absolute Gasteiger partial charge is 0.392 e. The number of nitrogens with two attached hydrogens (primary N) is 2. The summed E-state index contributed by atoms with van der Waals surface area (Å²) in [5, 5.41) is 2.96. The predicted molar refractivity (Wildman–Crippen MR) is 39.8 cm³/mol. The minimum Gasteiger partial charge on any atom is -0.392 e. The Morgan fingerprint density at radius 3 is 2.67 bits per heavy atom. The van der Waals surface area contributed by atoms with E-state index in [1.807, 2.05) is 20.0 Å². The van der Waals surface area contributed by atoms with E-state index < -0.39 is 0 Å². The highest BCUT2D eigenvalue weighted by atomic mass is 14.8. The Balaban J connectivity index is 3.64. The van der Waals surface area contributed by atoms with Gasteiger partial charge in [0.05, 0.1) is 0 Å². The van der Waals surface area contributed by atoms with Crippen molar-refractivity contribution in [2.75, 3.05) is 13.6 Å². The lowest BCUT2D eigenvalue weighted by atomic mass is 10.2. The van der Waals surface area contributed by atoms with Crippen molar-refractivity contribution in [3.05, 3.63) is 11.8 Å². The molecule has 5 N–H and O–H groups in total. The van der Waals surface area contributed by atoms with E-state index in [0.29, 0.717) is 6.54 Å². The van der Waals surface area contributed by atoms with Crippen LogP contribution in [0, 0.1) is 0 Å².